The van der Waals surface area contributed by atoms with Crippen LogP contribution in [0.4, 0.5) is 0 Å². The lowest BCUT2D eigenvalue weighted by atomic mass is 10.1. The van der Waals surface area contributed by atoms with Crippen LogP contribution < -0.4 is 10.8 Å². The first kappa shape index (κ1) is 19.7. The first-order valence-corrected chi connectivity index (χ1v) is 8.00. The molecule has 0 saturated carbocycles. The number of aliphatic hydroxyl groups is 1. The Morgan fingerprint density at radius 2 is 1.78 bits per heavy atom. The summed E-state index contributed by atoms with van der Waals surface area (Å²) in [5.41, 5.74) is 0.747. The maximum absolute atomic E-state index is 12.2. The number of nitrogens with zero attached hydrogens (tertiary/aromatic N) is 1. The highest BCUT2D eigenvalue weighted by atomic mass is 16.5. The average Bonchev–Trinajstić information content (AvgIpc) is 2.71. The molecule has 27 heavy (non-hydrogen) atoms. The summed E-state index contributed by atoms with van der Waals surface area (Å²) in [6.45, 7) is 1.49. The minimum absolute atomic E-state index is 0.121. The van der Waals surface area contributed by atoms with Crippen molar-refractivity contribution in [3.05, 3.63) is 65.5 Å². The fraction of sp³-hybridized carbons (Fsp3) is 0.150. The van der Waals surface area contributed by atoms with E-state index in [1.165, 1.54) is 24.5 Å². The van der Waals surface area contributed by atoms with Gasteiger partial charge in [0.2, 0.25) is 5.72 Å². The lowest BCUT2D eigenvalue weighted by molar-refractivity contribution is -0.151. The lowest BCUT2D eigenvalue weighted by Crippen LogP contribution is -2.58. The van der Waals surface area contributed by atoms with Gasteiger partial charge in [-0.05, 0) is 48.2 Å². The number of nitrogens with one attached hydrogen (secondary N) is 2. The number of amides is 2. The standard InChI is InChI=1S/C20H17N3O4/c1-2-20(26,19(25)23-27)22-18(24)17-11-9-15(10-12-17)6-3-4-7-16-8-5-13-21-14-16/h5,8-14,26-27H,2H2,1H3,(H,22,24)(H,23,25). The highest BCUT2D eigenvalue weighted by Gasteiger charge is 2.35. The van der Waals surface area contributed by atoms with Crippen LogP contribution in [-0.4, -0.2) is 32.8 Å². The zero-order valence-corrected chi connectivity index (χ0v) is 14.5. The van der Waals surface area contributed by atoms with Gasteiger partial charge in [-0.25, -0.2) is 5.48 Å². The summed E-state index contributed by atoms with van der Waals surface area (Å²) in [4.78, 5) is 27.6. The molecule has 7 heteroatoms. The summed E-state index contributed by atoms with van der Waals surface area (Å²) >= 11 is 0. The van der Waals surface area contributed by atoms with Crippen LogP contribution >= 0.6 is 0 Å². The predicted molar refractivity (Wildman–Crippen MR) is 97.1 cm³/mol. The van der Waals surface area contributed by atoms with E-state index in [2.05, 4.69) is 34.0 Å². The normalized spacial score (nSPS) is 11.7. The van der Waals surface area contributed by atoms with Crippen LogP contribution in [0.1, 0.15) is 34.8 Å². The Morgan fingerprint density at radius 3 is 2.33 bits per heavy atom. The SMILES string of the molecule is CCC(O)(NC(=O)c1ccc(C#CC#Cc2cccnc2)cc1)C(=O)NO. The van der Waals surface area contributed by atoms with Crippen molar-refractivity contribution in [1.29, 1.82) is 0 Å². The Kier molecular flexibility index (Phi) is 6.67. The number of rotatable bonds is 4. The number of benzene rings is 1. The number of carbonyl (C=O) groups is 2. The zero-order valence-electron chi connectivity index (χ0n) is 14.5. The number of hydrogen-bond donors (Lipinski definition) is 4. The van der Waals surface area contributed by atoms with Gasteiger partial charge in [0.05, 0.1) is 0 Å². The topological polar surface area (TPSA) is 112 Å². The zero-order chi connectivity index (χ0) is 19.7. The van der Waals surface area contributed by atoms with Crippen molar-refractivity contribution < 1.29 is 19.9 Å². The van der Waals surface area contributed by atoms with Gasteiger partial charge >= 0.3 is 0 Å². The molecule has 0 aliphatic rings. The minimum Gasteiger partial charge on any atom is -0.363 e. The van der Waals surface area contributed by atoms with Crippen molar-refractivity contribution in [2.24, 2.45) is 0 Å². The summed E-state index contributed by atoms with van der Waals surface area (Å²) < 4.78 is 0. The van der Waals surface area contributed by atoms with Gasteiger partial charge in [-0.15, -0.1) is 0 Å². The fourth-order valence-electron chi connectivity index (χ4n) is 2.01. The molecule has 2 amide bonds. The number of carbonyl (C=O) groups excluding carboxylic acids is 2. The summed E-state index contributed by atoms with van der Waals surface area (Å²) in [6.07, 6.45) is 3.17. The fourth-order valence-corrected chi connectivity index (χ4v) is 2.01. The molecule has 0 aliphatic heterocycles. The number of hydrogen-bond acceptors (Lipinski definition) is 5. The van der Waals surface area contributed by atoms with Gasteiger partial charge in [0.15, 0.2) is 0 Å². The van der Waals surface area contributed by atoms with E-state index in [-0.39, 0.29) is 12.0 Å². The second kappa shape index (κ2) is 9.16. The van der Waals surface area contributed by atoms with Gasteiger partial charge < -0.3 is 10.4 Å². The summed E-state index contributed by atoms with van der Waals surface area (Å²) in [5, 5.41) is 20.9. The van der Waals surface area contributed by atoms with E-state index in [0.29, 0.717) is 5.56 Å². The van der Waals surface area contributed by atoms with Gasteiger partial charge in [0, 0.05) is 35.5 Å². The first-order valence-electron chi connectivity index (χ1n) is 8.00. The summed E-state index contributed by atoms with van der Waals surface area (Å²) in [5.74, 6) is 9.34. The van der Waals surface area contributed by atoms with Crippen molar-refractivity contribution in [2.75, 3.05) is 0 Å². The van der Waals surface area contributed by atoms with Crippen molar-refractivity contribution in [3.8, 4) is 23.7 Å². The molecule has 1 aromatic heterocycles. The van der Waals surface area contributed by atoms with E-state index in [1.807, 2.05) is 6.07 Å². The molecule has 0 spiro atoms. The monoisotopic (exact) mass is 363 g/mol. The lowest BCUT2D eigenvalue weighted by Gasteiger charge is -2.25. The van der Waals surface area contributed by atoms with Crippen molar-refractivity contribution in [3.63, 3.8) is 0 Å². The highest BCUT2D eigenvalue weighted by molar-refractivity contribution is 5.98. The molecule has 0 fully saturated rings. The average molecular weight is 363 g/mol. The van der Waals surface area contributed by atoms with E-state index < -0.39 is 17.5 Å². The summed E-state index contributed by atoms with van der Waals surface area (Å²) in [6, 6.07) is 9.84. The Balaban J connectivity index is 2.05. The minimum atomic E-state index is -2.20. The third-order valence-corrected chi connectivity index (χ3v) is 3.59. The molecule has 0 radical (unpaired) electrons. The first-order chi connectivity index (χ1) is 13.0. The molecule has 0 saturated heterocycles. The van der Waals surface area contributed by atoms with Crippen LogP contribution in [-0.2, 0) is 4.79 Å². The maximum Gasteiger partial charge on any atom is 0.296 e. The quantitative estimate of drug-likeness (QED) is 0.278. The molecular formula is C20H17N3O4. The number of pyridine rings is 1. The van der Waals surface area contributed by atoms with Gasteiger partial charge in [-0.3, -0.25) is 19.8 Å². The van der Waals surface area contributed by atoms with Crippen molar-refractivity contribution in [2.45, 2.75) is 19.1 Å². The largest absolute Gasteiger partial charge is 0.363 e. The molecule has 1 heterocycles. The Hall–Kier alpha value is -3.65. The molecule has 4 N–H and O–H groups in total. The molecule has 1 unspecified atom stereocenters. The van der Waals surface area contributed by atoms with Crippen LogP contribution in [0.2, 0.25) is 0 Å². The van der Waals surface area contributed by atoms with Crippen LogP contribution in [0, 0.1) is 23.7 Å². The molecule has 136 valence electrons. The van der Waals surface area contributed by atoms with Crippen LogP contribution in [0.25, 0.3) is 0 Å². The van der Waals surface area contributed by atoms with E-state index >= 15 is 0 Å². The van der Waals surface area contributed by atoms with E-state index in [0.717, 1.165) is 5.56 Å². The van der Waals surface area contributed by atoms with Crippen LogP contribution in [0.5, 0.6) is 0 Å². The van der Waals surface area contributed by atoms with Crippen LogP contribution in [0.15, 0.2) is 48.8 Å². The Labute approximate surface area is 156 Å². The van der Waals surface area contributed by atoms with Crippen molar-refractivity contribution in [1.82, 2.24) is 15.8 Å². The predicted octanol–water partition coefficient (Wildman–Crippen LogP) is 0.819. The van der Waals surface area contributed by atoms with Gasteiger partial charge in [-0.2, -0.15) is 0 Å². The second-order valence-corrected chi connectivity index (χ2v) is 5.43. The van der Waals surface area contributed by atoms with Gasteiger partial charge in [-0.1, -0.05) is 18.8 Å². The van der Waals surface area contributed by atoms with E-state index in [4.69, 9.17) is 5.21 Å². The smallest absolute Gasteiger partial charge is 0.296 e. The molecule has 2 rings (SSSR count). The van der Waals surface area contributed by atoms with Crippen LogP contribution in [0.3, 0.4) is 0 Å². The molecule has 7 nitrogen and oxygen atoms in total. The van der Waals surface area contributed by atoms with Gasteiger partial charge in [0.25, 0.3) is 11.8 Å². The van der Waals surface area contributed by atoms with Gasteiger partial charge in [0.1, 0.15) is 0 Å². The third kappa shape index (κ3) is 5.41. The summed E-state index contributed by atoms with van der Waals surface area (Å²) in [7, 11) is 0. The Morgan fingerprint density at radius 1 is 1.11 bits per heavy atom. The number of aromatic nitrogens is 1. The molecule has 1 aromatic carbocycles. The number of hydroxylamine groups is 1. The molecular weight excluding hydrogens is 346 g/mol. The maximum atomic E-state index is 12.2. The molecule has 2 aromatic rings. The molecule has 0 aliphatic carbocycles. The Bertz CT molecular complexity index is 934. The highest BCUT2D eigenvalue weighted by Crippen LogP contribution is 2.09. The molecule has 0 bridgehead atoms. The second-order valence-electron chi connectivity index (χ2n) is 5.43. The molecule has 1 atom stereocenters. The van der Waals surface area contributed by atoms with E-state index in [1.54, 1.807) is 30.6 Å². The van der Waals surface area contributed by atoms with Crippen molar-refractivity contribution >= 4 is 11.8 Å². The van der Waals surface area contributed by atoms with E-state index in [9.17, 15) is 14.7 Å². The third-order valence-electron chi connectivity index (χ3n) is 3.59.